The van der Waals surface area contributed by atoms with Crippen molar-refractivity contribution in [3.8, 4) is 5.75 Å². The third-order valence-corrected chi connectivity index (χ3v) is 2.95. The van der Waals surface area contributed by atoms with Crippen LogP contribution in [0.4, 0.5) is 0 Å². The summed E-state index contributed by atoms with van der Waals surface area (Å²) in [5, 5.41) is 12.5. The normalized spacial score (nSPS) is 14.4. The summed E-state index contributed by atoms with van der Waals surface area (Å²) >= 11 is 0. The van der Waals surface area contributed by atoms with Crippen LogP contribution in [0.15, 0.2) is 24.3 Å². The first kappa shape index (κ1) is 14.0. The monoisotopic (exact) mass is 237 g/mol. The van der Waals surface area contributed by atoms with Crippen molar-refractivity contribution in [2.75, 3.05) is 20.3 Å². The highest BCUT2D eigenvalue weighted by atomic mass is 16.5. The van der Waals surface area contributed by atoms with Gasteiger partial charge in [-0.25, -0.2) is 0 Å². The first-order chi connectivity index (χ1) is 8.22. The molecule has 2 N–H and O–H groups in total. The van der Waals surface area contributed by atoms with Gasteiger partial charge in [-0.1, -0.05) is 32.0 Å². The van der Waals surface area contributed by atoms with Crippen LogP contribution in [-0.2, 0) is 0 Å². The molecule has 0 spiro atoms. The van der Waals surface area contributed by atoms with E-state index >= 15 is 0 Å². The average molecular weight is 237 g/mol. The predicted molar refractivity (Wildman–Crippen MR) is 70.3 cm³/mol. The molecule has 0 heterocycles. The lowest BCUT2D eigenvalue weighted by Gasteiger charge is -2.21. The van der Waals surface area contributed by atoms with E-state index in [1.165, 1.54) is 5.56 Å². The maximum Gasteiger partial charge on any atom is 0.123 e. The number of hydrogen-bond donors (Lipinski definition) is 2. The molecule has 0 bridgehead atoms. The third-order valence-electron chi connectivity index (χ3n) is 2.95. The van der Waals surface area contributed by atoms with Gasteiger partial charge in [0.05, 0.1) is 7.11 Å². The van der Waals surface area contributed by atoms with Gasteiger partial charge in [-0.05, 0) is 18.4 Å². The zero-order valence-electron chi connectivity index (χ0n) is 10.9. The van der Waals surface area contributed by atoms with Crippen LogP contribution < -0.4 is 10.1 Å². The summed E-state index contributed by atoms with van der Waals surface area (Å²) in [7, 11) is 1.70. The lowest BCUT2D eigenvalue weighted by atomic mass is 10.0. The quantitative estimate of drug-likeness (QED) is 0.765. The van der Waals surface area contributed by atoms with Crippen molar-refractivity contribution >= 4 is 0 Å². The van der Waals surface area contributed by atoms with E-state index in [2.05, 4.69) is 18.3 Å². The molecule has 96 valence electrons. The molecule has 0 saturated heterocycles. The highest BCUT2D eigenvalue weighted by Crippen LogP contribution is 2.26. The van der Waals surface area contributed by atoms with Crippen molar-refractivity contribution in [1.29, 1.82) is 0 Å². The highest BCUT2D eigenvalue weighted by molar-refractivity contribution is 5.35. The molecule has 17 heavy (non-hydrogen) atoms. The van der Waals surface area contributed by atoms with Crippen molar-refractivity contribution in [3.05, 3.63) is 29.8 Å². The van der Waals surface area contributed by atoms with Crippen molar-refractivity contribution in [3.63, 3.8) is 0 Å². The fraction of sp³-hybridized carbons (Fsp3) is 0.571. The van der Waals surface area contributed by atoms with Gasteiger partial charge >= 0.3 is 0 Å². The Labute approximate surface area is 104 Å². The van der Waals surface area contributed by atoms with Gasteiger partial charge in [-0.15, -0.1) is 0 Å². The van der Waals surface area contributed by atoms with E-state index in [4.69, 9.17) is 9.84 Å². The molecule has 0 aliphatic heterocycles. The van der Waals surface area contributed by atoms with Crippen LogP contribution in [-0.4, -0.2) is 25.4 Å². The highest BCUT2D eigenvalue weighted by Gasteiger charge is 2.14. The molecule has 0 aromatic heterocycles. The van der Waals surface area contributed by atoms with Crippen LogP contribution in [0.2, 0.25) is 0 Å². The molecule has 1 aromatic rings. The van der Waals surface area contributed by atoms with Crippen LogP contribution in [0.5, 0.6) is 5.75 Å². The average Bonchev–Trinajstić information content (AvgIpc) is 2.39. The molecular weight excluding hydrogens is 214 g/mol. The summed E-state index contributed by atoms with van der Waals surface area (Å²) in [6.45, 7) is 5.21. The summed E-state index contributed by atoms with van der Waals surface area (Å²) < 4.78 is 5.37. The van der Waals surface area contributed by atoms with Gasteiger partial charge in [-0.2, -0.15) is 0 Å². The van der Waals surface area contributed by atoms with E-state index in [0.717, 1.165) is 18.7 Å². The fourth-order valence-corrected chi connectivity index (χ4v) is 1.84. The number of nitrogens with one attached hydrogen (secondary N) is 1. The fourth-order valence-electron chi connectivity index (χ4n) is 1.84. The Kier molecular flexibility index (Phi) is 6.01. The molecule has 0 radical (unpaired) electrons. The smallest absolute Gasteiger partial charge is 0.123 e. The minimum absolute atomic E-state index is 0.218. The van der Waals surface area contributed by atoms with Crippen LogP contribution in [0.3, 0.4) is 0 Å². The number of aliphatic hydroxyl groups excluding tert-OH is 1. The summed E-state index contributed by atoms with van der Waals surface area (Å²) in [4.78, 5) is 0. The van der Waals surface area contributed by atoms with E-state index in [-0.39, 0.29) is 18.6 Å². The minimum Gasteiger partial charge on any atom is -0.496 e. The molecule has 1 aromatic carbocycles. The van der Waals surface area contributed by atoms with Crippen molar-refractivity contribution in [2.24, 2.45) is 5.92 Å². The molecule has 2 unspecified atom stereocenters. The Morgan fingerprint density at radius 3 is 2.65 bits per heavy atom. The lowest BCUT2D eigenvalue weighted by Crippen LogP contribution is -2.27. The Morgan fingerprint density at radius 1 is 1.35 bits per heavy atom. The molecule has 0 aliphatic carbocycles. The maximum atomic E-state index is 9.03. The zero-order valence-corrected chi connectivity index (χ0v) is 10.9. The van der Waals surface area contributed by atoms with Gasteiger partial charge in [0.2, 0.25) is 0 Å². The van der Waals surface area contributed by atoms with Crippen LogP contribution in [0.25, 0.3) is 0 Å². The summed E-state index contributed by atoms with van der Waals surface area (Å²) in [6, 6.07) is 8.35. The van der Waals surface area contributed by atoms with E-state index in [0.29, 0.717) is 0 Å². The van der Waals surface area contributed by atoms with Crippen LogP contribution >= 0.6 is 0 Å². The van der Waals surface area contributed by atoms with Crippen molar-refractivity contribution in [2.45, 2.75) is 26.3 Å². The van der Waals surface area contributed by atoms with Crippen LogP contribution in [0.1, 0.15) is 31.9 Å². The Bertz CT molecular complexity index is 328. The van der Waals surface area contributed by atoms with E-state index in [1.807, 2.05) is 25.1 Å². The first-order valence-electron chi connectivity index (χ1n) is 6.20. The number of methoxy groups -OCH3 is 1. The number of hydrogen-bond acceptors (Lipinski definition) is 3. The SMILES string of the molecule is CCC(NCC(C)CO)c1ccccc1OC. The van der Waals surface area contributed by atoms with Gasteiger partial charge in [0, 0.05) is 24.8 Å². The third kappa shape index (κ3) is 4.02. The second-order valence-corrected chi connectivity index (χ2v) is 4.40. The Balaban J connectivity index is 2.72. The van der Waals surface area contributed by atoms with Gasteiger partial charge in [0.15, 0.2) is 0 Å². The summed E-state index contributed by atoms with van der Waals surface area (Å²) in [5.74, 6) is 1.20. The Morgan fingerprint density at radius 2 is 2.06 bits per heavy atom. The molecule has 2 atom stereocenters. The summed E-state index contributed by atoms with van der Waals surface area (Å²) in [6.07, 6.45) is 0.999. The second kappa shape index (κ2) is 7.30. The summed E-state index contributed by atoms with van der Waals surface area (Å²) in [5.41, 5.74) is 1.18. The predicted octanol–water partition coefficient (Wildman–Crippen LogP) is 2.36. The Hall–Kier alpha value is -1.06. The molecule has 0 aliphatic rings. The minimum atomic E-state index is 0.218. The van der Waals surface area contributed by atoms with E-state index < -0.39 is 0 Å². The lowest BCUT2D eigenvalue weighted by molar-refractivity contribution is 0.229. The molecular formula is C14H23NO2. The molecule has 0 fully saturated rings. The van der Waals surface area contributed by atoms with Gasteiger partial charge in [0.1, 0.15) is 5.75 Å². The number of para-hydroxylation sites is 1. The largest absolute Gasteiger partial charge is 0.496 e. The van der Waals surface area contributed by atoms with Crippen LogP contribution in [0, 0.1) is 5.92 Å². The molecule has 3 nitrogen and oxygen atoms in total. The number of aliphatic hydroxyl groups is 1. The number of ether oxygens (including phenoxy) is 1. The molecule has 0 saturated carbocycles. The number of benzene rings is 1. The maximum absolute atomic E-state index is 9.03. The molecule has 1 rings (SSSR count). The molecule has 3 heteroatoms. The number of rotatable bonds is 7. The molecule has 0 amide bonds. The topological polar surface area (TPSA) is 41.5 Å². The standard InChI is InChI=1S/C14H23NO2/c1-4-13(15-9-11(2)10-16)12-7-5-6-8-14(12)17-3/h5-8,11,13,15-16H,4,9-10H2,1-3H3. The first-order valence-corrected chi connectivity index (χ1v) is 6.20. The van der Waals surface area contributed by atoms with Gasteiger partial charge < -0.3 is 15.2 Å². The van der Waals surface area contributed by atoms with E-state index in [9.17, 15) is 0 Å². The zero-order chi connectivity index (χ0) is 12.7. The van der Waals surface area contributed by atoms with Crippen molar-refractivity contribution < 1.29 is 9.84 Å². The second-order valence-electron chi connectivity index (χ2n) is 4.40. The van der Waals surface area contributed by atoms with Crippen molar-refractivity contribution in [1.82, 2.24) is 5.32 Å². The van der Waals surface area contributed by atoms with Gasteiger partial charge in [-0.3, -0.25) is 0 Å². The van der Waals surface area contributed by atoms with Gasteiger partial charge in [0.25, 0.3) is 0 Å². The van der Waals surface area contributed by atoms with E-state index in [1.54, 1.807) is 7.11 Å².